The van der Waals surface area contributed by atoms with Crippen molar-refractivity contribution >= 4 is 40.5 Å². The third-order valence-electron chi connectivity index (χ3n) is 3.61. The zero-order chi connectivity index (χ0) is 19.6. The van der Waals surface area contributed by atoms with Gasteiger partial charge in [-0.2, -0.15) is 0 Å². The van der Waals surface area contributed by atoms with E-state index < -0.39 is 10.8 Å². The topological polar surface area (TPSA) is 94.6 Å². The van der Waals surface area contributed by atoms with Crippen molar-refractivity contribution in [3.63, 3.8) is 0 Å². The molecule has 1 N–H and O–H groups in total. The van der Waals surface area contributed by atoms with Crippen LogP contribution in [0.25, 0.3) is 11.3 Å². The molecule has 0 radical (unpaired) electrons. The van der Waals surface area contributed by atoms with Gasteiger partial charge in [-0.1, -0.05) is 23.2 Å². The zero-order valence-corrected chi connectivity index (χ0v) is 15.4. The number of nitro benzene ring substituents is 1. The van der Waals surface area contributed by atoms with Crippen molar-refractivity contribution in [2.45, 2.75) is 0 Å². The van der Waals surface area contributed by atoms with Crippen LogP contribution in [0.15, 0.2) is 52.9 Å². The SMILES string of the molecule is COc1cc([N+](=O)[O-])ccc1-c1ccc(C(=O)Nc2cc(Cl)cc(Cl)c2)o1. The van der Waals surface area contributed by atoms with Crippen molar-refractivity contribution < 1.29 is 18.9 Å². The third kappa shape index (κ3) is 4.21. The molecular weight excluding hydrogens is 395 g/mol. The number of nitro groups is 1. The standard InChI is InChI=1S/C18H12Cl2N2O5/c1-26-17-9-13(22(24)25)2-3-14(17)15-4-5-16(27-15)18(23)21-12-7-10(19)6-11(20)8-12/h2-9H,1H3,(H,21,23). The first-order valence-electron chi connectivity index (χ1n) is 7.57. The fourth-order valence-corrected chi connectivity index (χ4v) is 2.95. The molecule has 1 aromatic heterocycles. The van der Waals surface area contributed by atoms with Crippen LogP contribution < -0.4 is 10.1 Å². The fourth-order valence-electron chi connectivity index (χ4n) is 2.42. The maximum absolute atomic E-state index is 12.4. The number of hydrogen-bond acceptors (Lipinski definition) is 5. The number of rotatable bonds is 5. The van der Waals surface area contributed by atoms with Gasteiger partial charge in [-0.3, -0.25) is 14.9 Å². The molecule has 0 atom stereocenters. The van der Waals surface area contributed by atoms with Crippen molar-refractivity contribution in [3.05, 3.63) is 74.5 Å². The maximum atomic E-state index is 12.4. The molecule has 3 aromatic rings. The number of hydrogen-bond donors (Lipinski definition) is 1. The Balaban J connectivity index is 1.86. The Kier molecular flexibility index (Phi) is 5.34. The van der Waals surface area contributed by atoms with Crippen molar-refractivity contribution in [3.8, 4) is 17.1 Å². The van der Waals surface area contributed by atoms with Gasteiger partial charge in [-0.15, -0.1) is 0 Å². The van der Waals surface area contributed by atoms with Crippen LogP contribution in [-0.2, 0) is 0 Å². The molecule has 0 aliphatic rings. The molecule has 0 unspecified atom stereocenters. The minimum atomic E-state index is -0.524. The molecule has 0 aliphatic carbocycles. The lowest BCUT2D eigenvalue weighted by Gasteiger charge is -2.06. The van der Waals surface area contributed by atoms with Crippen LogP contribution in [0.3, 0.4) is 0 Å². The lowest BCUT2D eigenvalue weighted by atomic mass is 10.1. The first kappa shape index (κ1) is 18.8. The molecule has 1 amide bonds. The number of nitrogens with zero attached hydrogens (tertiary/aromatic N) is 1. The summed E-state index contributed by atoms with van der Waals surface area (Å²) in [5.74, 6) is 0.130. The summed E-state index contributed by atoms with van der Waals surface area (Å²) in [4.78, 5) is 22.7. The average molecular weight is 407 g/mol. The fraction of sp³-hybridized carbons (Fsp3) is 0.0556. The molecule has 0 saturated heterocycles. The minimum absolute atomic E-state index is 0.0431. The highest BCUT2D eigenvalue weighted by atomic mass is 35.5. The van der Waals surface area contributed by atoms with Crippen molar-refractivity contribution in [2.24, 2.45) is 0 Å². The molecule has 0 spiro atoms. The van der Waals surface area contributed by atoms with E-state index in [1.165, 1.54) is 31.4 Å². The Morgan fingerprint density at radius 1 is 1.11 bits per heavy atom. The van der Waals surface area contributed by atoms with Gasteiger partial charge in [0.05, 0.1) is 23.7 Å². The van der Waals surface area contributed by atoms with Gasteiger partial charge in [0.2, 0.25) is 0 Å². The van der Waals surface area contributed by atoms with E-state index in [4.69, 9.17) is 32.4 Å². The Bertz CT molecular complexity index is 1010. The molecule has 0 bridgehead atoms. The Labute approximate surface area is 163 Å². The van der Waals surface area contributed by atoms with Gasteiger partial charge in [-0.25, -0.2) is 0 Å². The average Bonchev–Trinajstić information content (AvgIpc) is 3.10. The smallest absolute Gasteiger partial charge is 0.291 e. The quantitative estimate of drug-likeness (QED) is 0.450. The monoisotopic (exact) mass is 406 g/mol. The molecule has 7 nitrogen and oxygen atoms in total. The number of ether oxygens (including phenoxy) is 1. The van der Waals surface area contributed by atoms with Gasteiger partial charge >= 0.3 is 0 Å². The Morgan fingerprint density at radius 3 is 2.44 bits per heavy atom. The van der Waals surface area contributed by atoms with Crippen molar-refractivity contribution in [1.82, 2.24) is 0 Å². The normalized spacial score (nSPS) is 10.5. The van der Waals surface area contributed by atoms with Crippen molar-refractivity contribution in [1.29, 1.82) is 0 Å². The minimum Gasteiger partial charge on any atom is -0.496 e. The molecule has 3 rings (SSSR count). The summed E-state index contributed by atoms with van der Waals surface area (Å²) in [5.41, 5.74) is 0.786. The van der Waals surface area contributed by atoms with Crippen LogP contribution >= 0.6 is 23.2 Å². The predicted molar refractivity (Wildman–Crippen MR) is 102 cm³/mol. The third-order valence-corrected chi connectivity index (χ3v) is 4.05. The van der Waals surface area contributed by atoms with E-state index in [0.29, 0.717) is 27.1 Å². The maximum Gasteiger partial charge on any atom is 0.291 e. The number of furan rings is 1. The Hall–Kier alpha value is -3.03. The van der Waals surface area contributed by atoms with Gasteiger partial charge < -0.3 is 14.5 Å². The van der Waals surface area contributed by atoms with Crippen LogP contribution in [0, 0.1) is 10.1 Å². The lowest BCUT2D eigenvalue weighted by molar-refractivity contribution is -0.384. The summed E-state index contributed by atoms with van der Waals surface area (Å²) in [6, 6.07) is 11.8. The second-order valence-corrected chi connectivity index (χ2v) is 6.29. The molecule has 0 aliphatic heterocycles. The second-order valence-electron chi connectivity index (χ2n) is 5.42. The number of methoxy groups -OCH3 is 1. The Morgan fingerprint density at radius 2 is 1.81 bits per heavy atom. The van der Waals surface area contributed by atoms with E-state index in [0.717, 1.165) is 0 Å². The highest BCUT2D eigenvalue weighted by Gasteiger charge is 2.18. The van der Waals surface area contributed by atoms with E-state index in [9.17, 15) is 14.9 Å². The summed E-state index contributed by atoms with van der Waals surface area (Å²) in [6.07, 6.45) is 0. The molecule has 138 valence electrons. The van der Waals surface area contributed by atoms with Crippen LogP contribution in [0.1, 0.15) is 10.6 Å². The largest absolute Gasteiger partial charge is 0.496 e. The number of carbonyl (C=O) groups excluding carboxylic acids is 1. The molecule has 0 saturated carbocycles. The second kappa shape index (κ2) is 7.69. The van der Waals surface area contributed by atoms with Gasteiger partial charge in [0.25, 0.3) is 11.6 Å². The van der Waals surface area contributed by atoms with Gasteiger partial charge in [0.1, 0.15) is 11.5 Å². The predicted octanol–water partition coefficient (Wildman–Crippen LogP) is 5.42. The van der Waals surface area contributed by atoms with Crippen LogP contribution in [-0.4, -0.2) is 17.9 Å². The summed E-state index contributed by atoms with van der Waals surface area (Å²) in [7, 11) is 1.39. The molecule has 2 aromatic carbocycles. The molecular formula is C18H12Cl2N2O5. The first-order valence-corrected chi connectivity index (χ1v) is 8.33. The van der Waals surface area contributed by atoms with Gasteiger partial charge in [0, 0.05) is 21.8 Å². The van der Waals surface area contributed by atoms with Crippen LogP contribution in [0.5, 0.6) is 5.75 Å². The summed E-state index contributed by atoms with van der Waals surface area (Å²) >= 11 is 11.8. The van der Waals surface area contributed by atoms with Crippen molar-refractivity contribution in [2.75, 3.05) is 12.4 Å². The van der Waals surface area contributed by atoms with Crippen LogP contribution in [0.4, 0.5) is 11.4 Å². The van der Waals surface area contributed by atoms with Crippen LogP contribution in [0.2, 0.25) is 10.0 Å². The lowest BCUT2D eigenvalue weighted by Crippen LogP contribution is -2.10. The van der Waals surface area contributed by atoms with E-state index in [1.54, 1.807) is 24.3 Å². The summed E-state index contributed by atoms with van der Waals surface area (Å²) in [5, 5.41) is 14.3. The van der Waals surface area contributed by atoms with Gasteiger partial charge in [-0.05, 0) is 36.4 Å². The first-order chi connectivity index (χ1) is 12.9. The number of carbonyl (C=O) groups is 1. The molecule has 1 heterocycles. The number of nitrogens with one attached hydrogen (secondary N) is 1. The zero-order valence-electron chi connectivity index (χ0n) is 13.9. The van der Waals surface area contributed by atoms with E-state index in [2.05, 4.69) is 5.32 Å². The number of amides is 1. The number of benzene rings is 2. The highest BCUT2D eigenvalue weighted by molar-refractivity contribution is 6.35. The van der Waals surface area contributed by atoms with E-state index >= 15 is 0 Å². The summed E-state index contributed by atoms with van der Waals surface area (Å²) in [6.45, 7) is 0. The van der Waals surface area contributed by atoms with E-state index in [1.807, 2.05) is 0 Å². The molecule has 27 heavy (non-hydrogen) atoms. The number of non-ortho nitro benzene ring substituents is 1. The summed E-state index contributed by atoms with van der Waals surface area (Å²) < 4.78 is 10.8. The van der Waals surface area contributed by atoms with E-state index in [-0.39, 0.29) is 17.2 Å². The number of halogens is 2. The molecule has 9 heteroatoms. The highest BCUT2D eigenvalue weighted by Crippen LogP contribution is 2.34. The number of anilines is 1. The van der Waals surface area contributed by atoms with Gasteiger partial charge in [0.15, 0.2) is 5.76 Å². The molecule has 0 fully saturated rings.